The van der Waals surface area contributed by atoms with Crippen molar-refractivity contribution in [3.8, 4) is 0 Å². The Kier molecular flexibility index (Phi) is 5.22. The Balaban J connectivity index is 1.71. The summed E-state index contributed by atoms with van der Waals surface area (Å²) in [6, 6.07) is 0. The predicted octanol–water partition coefficient (Wildman–Crippen LogP) is -0.708. The van der Waals surface area contributed by atoms with Gasteiger partial charge in [-0.25, -0.2) is 0 Å². The van der Waals surface area contributed by atoms with Crippen LogP contribution in [0.3, 0.4) is 0 Å². The van der Waals surface area contributed by atoms with Gasteiger partial charge < -0.3 is 14.7 Å². The second-order valence-electron chi connectivity index (χ2n) is 6.62. The van der Waals surface area contributed by atoms with Crippen LogP contribution in [0, 0.1) is 11.8 Å². The number of hydrogen-bond acceptors (Lipinski definition) is 5. The Morgan fingerprint density at radius 2 is 1.74 bits per heavy atom. The standard InChI is InChI=1S/C14H25N3O5S/c18-14(19)13-10-15(9-12-1-2-12)3-4-17(11-13)23(20,21)16-5-7-22-8-6-16/h12-13H,1-11H2,(H,18,19). The van der Waals surface area contributed by atoms with Crippen LogP contribution < -0.4 is 0 Å². The molecule has 3 rings (SSSR count). The largest absolute Gasteiger partial charge is 0.481 e. The average Bonchev–Trinajstić information content (AvgIpc) is 3.35. The van der Waals surface area contributed by atoms with E-state index in [2.05, 4.69) is 4.90 Å². The van der Waals surface area contributed by atoms with Gasteiger partial charge in [0.25, 0.3) is 10.2 Å². The van der Waals surface area contributed by atoms with Crippen molar-refractivity contribution in [2.45, 2.75) is 12.8 Å². The zero-order valence-corrected chi connectivity index (χ0v) is 14.1. The zero-order chi connectivity index (χ0) is 16.4. The molecule has 0 bridgehead atoms. The molecular weight excluding hydrogens is 322 g/mol. The minimum atomic E-state index is -3.61. The van der Waals surface area contributed by atoms with Gasteiger partial charge in [-0.3, -0.25) is 4.79 Å². The number of carbonyl (C=O) groups is 1. The molecule has 2 saturated heterocycles. The lowest BCUT2D eigenvalue weighted by Crippen LogP contribution is -2.50. The first-order valence-corrected chi connectivity index (χ1v) is 9.64. The van der Waals surface area contributed by atoms with Gasteiger partial charge in [0, 0.05) is 45.8 Å². The SMILES string of the molecule is O=C(O)C1CN(CC2CC2)CCN(S(=O)(=O)N2CCOCC2)C1. The van der Waals surface area contributed by atoms with Gasteiger partial charge >= 0.3 is 5.97 Å². The summed E-state index contributed by atoms with van der Waals surface area (Å²) in [5, 5.41) is 9.44. The molecule has 1 unspecified atom stereocenters. The van der Waals surface area contributed by atoms with Crippen molar-refractivity contribution < 1.29 is 23.1 Å². The number of nitrogens with zero attached hydrogens (tertiary/aromatic N) is 3. The van der Waals surface area contributed by atoms with E-state index in [-0.39, 0.29) is 6.54 Å². The van der Waals surface area contributed by atoms with E-state index >= 15 is 0 Å². The van der Waals surface area contributed by atoms with E-state index in [9.17, 15) is 18.3 Å². The Hall–Kier alpha value is -0.740. The molecule has 0 radical (unpaired) electrons. The van der Waals surface area contributed by atoms with Crippen LogP contribution in [-0.4, -0.2) is 92.0 Å². The molecule has 0 aromatic heterocycles. The van der Waals surface area contributed by atoms with Gasteiger partial charge in [0.2, 0.25) is 0 Å². The molecule has 23 heavy (non-hydrogen) atoms. The lowest BCUT2D eigenvalue weighted by Gasteiger charge is -2.32. The van der Waals surface area contributed by atoms with Crippen LogP contribution in [0.5, 0.6) is 0 Å². The summed E-state index contributed by atoms with van der Waals surface area (Å²) in [6.45, 7) is 3.78. The number of rotatable bonds is 5. The van der Waals surface area contributed by atoms with Crippen molar-refractivity contribution >= 4 is 16.2 Å². The molecule has 0 spiro atoms. The first-order chi connectivity index (χ1) is 11.0. The summed E-state index contributed by atoms with van der Waals surface area (Å²) in [6.07, 6.45) is 2.40. The smallest absolute Gasteiger partial charge is 0.309 e. The van der Waals surface area contributed by atoms with E-state index in [1.54, 1.807) is 0 Å². The maximum absolute atomic E-state index is 12.8. The molecule has 1 atom stereocenters. The fraction of sp³-hybridized carbons (Fsp3) is 0.929. The summed E-state index contributed by atoms with van der Waals surface area (Å²) in [7, 11) is -3.61. The van der Waals surface area contributed by atoms with Crippen LogP contribution in [0.1, 0.15) is 12.8 Å². The maximum Gasteiger partial charge on any atom is 0.309 e. The highest BCUT2D eigenvalue weighted by molar-refractivity contribution is 7.86. The number of hydrogen-bond donors (Lipinski definition) is 1. The third kappa shape index (κ3) is 4.21. The predicted molar refractivity (Wildman–Crippen MR) is 83.2 cm³/mol. The highest BCUT2D eigenvalue weighted by Crippen LogP contribution is 2.30. The van der Waals surface area contributed by atoms with E-state index in [0.717, 1.165) is 6.54 Å². The molecule has 132 valence electrons. The van der Waals surface area contributed by atoms with Gasteiger partial charge in [-0.1, -0.05) is 0 Å². The van der Waals surface area contributed by atoms with E-state index in [1.165, 1.54) is 21.5 Å². The highest BCUT2D eigenvalue weighted by Gasteiger charge is 2.38. The molecule has 2 heterocycles. The first kappa shape index (κ1) is 17.1. The van der Waals surface area contributed by atoms with Gasteiger partial charge in [-0.15, -0.1) is 0 Å². The van der Waals surface area contributed by atoms with Crippen LogP contribution in [0.4, 0.5) is 0 Å². The molecule has 9 heteroatoms. The number of carboxylic acid groups (broad SMARTS) is 1. The van der Waals surface area contributed by atoms with Crippen molar-refractivity contribution in [1.82, 2.24) is 13.5 Å². The van der Waals surface area contributed by atoms with Crippen molar-refractivity contribution in [2.24, 2.45) is 11.8 Å². The van der Waals surface area contributed by atoms with Gasteiger partial charge in [0.15, 0.2) is 0 Å². The number of ether oxygens (including phenoxy) is 1. The summed E-state index contributed by atoms with van der Waals surface area (Å²) in [4.78, 5) is 13.6. The monoisotopic (exact) mass is 347 g/mol. The van der Waals surface area contributed by atoms with Crippen LogP contribution >= 0.6 is 0 Å². The van der Waals surface area contributed by atoms with Crippen molar-refractivity contribution in [3.63, 3.8) is 0 Å². The highest BCUT2D eigenvalue weighted by atomic mass is 32.2. The van der Waals surface area contributed by atoms with Crippen molar-refractivity contribution in [2.75, 3.05) is 59.0 Å². The van der Waals surface area contributed by atoms with E-state index in [0.29, 0.717) is 51.9 Å². The normalized spacial score (nSPS) is 29.3. The summed E-state index contributed by atoms with van der Waals surface area (Å²) >= 11 is 0. The fourth-order valence-electron chi connectivity index (χ4n) is 3.19. The molecule has 1 N–H and O–H groups in total. The second kappa shape index (κ2) is 7.02. The summed E-state index contributed by atoms with van der Waals surface area (Å²) in [5.41, 5.74) is 0. The van der Waals surface area contributed by atoms with Crippen molar-refractivity contribution in [3.05, 3.63) is 0 Å². The van der Waals surface area contributed by atoms with Crippen LogP contribution in [0.15, 0.2) is 0 Å². The molecule has 0 aromatic carbocycles. The molecule has 0 aromatic rings. The lowest BCUT2D eigenvalue weighted by atomic mass is 10.1. The summed E-state index contributed by atoms with van der Waals surface area (Å²) in [5.74, 6) is -0.936. The van der Waals surface area contributed by atoms with Crippen LogP contribution in [-0.2, 0) is 19.7 Å². The van der Waals surface area contributed by atoms with Gasteiger partial charge in [0.1, 0.15) is 0 Å². The van der Waals surface area contributed by atoms with Gasteiger partial charge in [0.05, 0.1) is 19.1 Å². The lowest BCUT2D eigenvalue weighted by molar-refractivity contribution is -0.142. The molecule has 1 aliphatic carbocycles. The molecule has 2 aliphatic heterocycles. The Morgan fingerprint density at radius 3 is 2.35 bits per heavy atom. The molecular formula is C14H25N3O5S. The number of morpholine rings is 1. The van der Waals surface area contributed by atoms with E-state index in [4.69, 9.17) is 4.74 Å². The van der Waals surface area contributed by atoms with E-state index in [1.807, 2.05) is 0 Å². The van der Waals surface area contributed by atoms with Crippen LogP contribution in [0.25, 0.3) is 0 Å². The third-order valence-electron chi connectivity index (χ3n) is 4.75. The second-order valence-corrected chi connectivity index (χ2v) is 8.54. The van der Waals surface area contributed by atoms with E-state index < -0.39 is 22.1 Å². The molecule has 3 fully saturated rings. The van der Waals surface area contributed by atoms with Crippen LogP contribution in [0.2, 0.25) is 0 Å². The first-order valence-electron chi connectivity index (χ1n) is 8.25. The molecule has 3 aliphatic rings. The van der Waals surface area contributed by atoms with Gasteiger partial charge in [-0.2, -0.15) is 17.0 Å². The molecule has 0 amide bonds. The Morgan fingerprint density at radius 1 is 1.04 bits per heavy atom. The Bertz CT molecular complexity index is 531. The van der Waals surface area contributed by atoms with Gasteiger partial charge in [-0.05, 0) is 18.8 Å². The third-order valence-corrected chi connectivity index (χ3v) is 6.76. The minimum absolute atomic E-state index is 0.0518. The van der Waals surface area contributed by atoms with Crippen molar-refractivity contribution in [1.29, 1.82) is 0 Å². The Labute approximate surface area is 137 Å². The minimum Gasteiger partial charge on any atom is -0.481 e. The molecule has 1 saturated carbocycles. The maximum atomic E-state index is 12.8. The zero-order valence-electron chi connectivity index (χ0n) is 13.3. The average molecular weight is 347 g/mol. The number of aliphatic carboxylic acids is 1. The quantitative estimate of drug-likeness (QED) is 0.707. The summed E-state index contributed by atoms with van der Waals surface area (Å²) < 4.78 is 33.5. The molecule has 8 nitrogen and oxygen atoms in total. The topological polar surface area (TPSA) is 90.4 Å². The number of carboxylic acids is 1. The fourth-order valence-corrected chi connectivity index (χ4v) is 4.81.